The fraction of sp³-hybridized carbons (Fsp3) is 0.615. The second-order valence-electron chi connectivity index (χ2n) is 5.65. The fourth-order valence-electron chi connectivity index (χ4n) is 3.12. The van der Waals surface area contributed by atoms with Crippen LogP contribution >= 0.6 is 0 Å². The number of fused-ring (bicyclic) bond motifs is 1. The van der Waals surface area contributed by atoms with Gasteiger partial charge in [-0.2, -0.15) is 0 Å². The Balaban J connectivity index is 1.58. The molecule has 2 aliphatic heterocycles. The first kappa shape index (κ1) is 14.0. The number of nitrogens with two attached hydrogens (primary N) is 1. The van der Waals surface area contributed by atoms with Gasteiger partial charge in [-0.15, -0.1) is 0 Å². The maximum absolute atomic E-state index is 11.4. The maximum atomic E-state index is 11.4. The van der Waals surface area contributed by atoms with E-state index in [-0.39, 0.29) is 11.6 Å². The number of rotatable bonds is 3. The van der Waals surface area contributed by atoms with Crippen LogP contribution in [0, 0.1) is 5.92 Å². The molecule has 4 N–H and O–H groups in total. The quantitative estimate of drug-likeness (QED) is 0.389. The van der Waals surface area contributed by atoms with Crippen molar-refractivity contribution in [3.8, 4) is 0 Å². The van der Waals surface area contributed by atoms with Crippen LogP contribution in [-0.2, 0) is 11.3 Å². The highest BCUT2D eigenvalue weighted by Gasteiger charge is 2.33. The minimum Gasteiger partial charge on any atom is -0.359 e. The van der Waals surface area contributed by atoms with Gasteiger partial charge in [-0.3, -0.25) is 19.9 Å². The number of amides is 2. The largest absolute Gasteiger partial charge is 0.359 e. The van der Waals surface area contributed by atoms with Crippen LogP contribution in [0.1, 0.15) is 35.5 Å². The summed E-state index contributed by atoms with van der Waals surface area (Å²) in [6.45, 7) is 2.42. The molecular formula is C13H19N5O3. The molecule has 3 rings (SSSR count). The monoisotopic (exact) mass is 293 g/mol. The fourth-order valence-corrected chi connectivity index (χ4v) is 3.12. The van der Waals surface area contributed by atoms with Gasteiger partial charge in [0.1, 0.15) is 0 Å². The van der Waals surface area contributed by atoms with Crippen LogP contribution in [0.3, 0.4) is 0 Å². The molecule has 21 heavy (non-hydrogen) atoms. The highest BCUT2D eigenvalue weighted by molar-refractivity contribution is 5.91. The highest BCUT2D eigenvalue weighted by atomic mass is 16.5. The van der Waals surface area contributed by atoms with Gasteiger partial charge in [0.2, 0.25) is 5.91 Å². The van der Waals surface area contributed by atoms with Crippen molar-refractivity contribution in [2.24, 2.45) is 11.8 Å². The zero-order chi connectivity index (χ0) is 14.8. The van der Waals surface area contributed by atoms with E-state index < -0.39 is 5.91 Å². The van der Waals surface area contributed by atoms with Crippen molar-refractivity contribution in [2.75, 3.05) is 13.1 Å². The Morgan fingerprint density at radius 2 is 2.43 bits per heavy atom. The number of carbonyl (C=O) groups is 2. The average Bonchev–Trinajstić information content (AvgIpc) is 2.95. The normalized spacial score (nSPS) is 26.0. The summed E-state index contributed by atoms with van der Waals surface area (Å²) >= 11 is 0. The third-order valence-corrected chi connectivity index (χ3v) is 4.21. The number of aromatic nitrogens is 1. The lowest BCUT2D eigenvalue weighted by Crippen LogP contribution is -2.53. The predicted octanol–water partition coefficient (Wildman–Crippen LogP) is -0.621. The van der Waals surface area contributed by atoms with Crippen LogP contribution in [0.4, 0.5) is 0 Å². The first-order valence-corrected chi connectivity index (χ1v) is 7.14. The molecule has 1 aromatic heterocycles. The third-order valence-electron chi connectivity index (χ3n) is 4.21. The van der Waals surface area contributed by atoms with Crippen LogP contribution in [0.25, 0.3) is 0 Å². The lowest BCUT2D eigenvalue weighted by molar-refractivity contribution is -0.125. The summed E-state index contributed by atoms with van der Waals surface area (Å²) in [7, 11) is 0. The van der Waals surface area contributed by atoms with Gasteiger partial charge in [0.15, 0.2) is 11.5 Å². The molecule has 2 saturated heterocycles. The van der Waals surface area contributed by atoms with E-state index in [1.54, 1.807) is 6.07 Å². The summed E-state index contributed by atoms with van der Waals surface area (Å²) in [4.78, 5) is 25.0. The van der Waals surface area contributed by atoms with Gasteiger partial charge in [0, 0.05) is 31.6 Å². The zero-order valence-corrected chi connectivity index (χ0v) is 11.7. The van der Waals surface area contributed by atoms with Gasteiger partial charge in [0.05, 0.1) is 6.54 Å². The molecule has 0 radical (unpaired) electrons. The van der Waals surface area contributed by atoms with Gasteiger partial charge in [0.25, 0.3) is 5.91 Å². The number of nitrogens with one attached hydrogen (secondary N) is 2. The number of hydrazine groups is 1. The first-order chi connectivity index (χ1) is 10.2. The van der Waals surface area contributed by atoms with Gasteiger partial charge in [-0.1, -0.05) is 5.16 Å². The lowest BCUT2D eigenvalue weighted by atomic mass is 9.85. The number of hydrogen-bond acceptors (Lipinski definition) is 6. The highest BCUT2D eigenvalue weighted by Crippen LogP contribution is 2.26. The van der Waals surface area contributed by atoms with E-state index in [2.05, 4.69) is 15.4 Å². The predicted molar refractivity (Wildman–Crippen MR) is 72.7 cm³/mol. The second-order valence-corrected chi connectivity index (χ2v) is 5.65. The Kier molecular flexibility index (Phi) is 3.89. The second kappa shape index (κ2) is 5.82. The molecular weight excluding hydrogens is 274 g/mol. The van der Waals surface area contributed by atoms with E-state index in [0.717, 1.165) is 25.9 Å². The summed E-state index contributed by atoms with van der Waals surface area (Å²) in [6.07, 6.45) is 2.49. The number of nitrogens with zero attached hydrogens (tertiary/aromatic N) is 2. The van der Waals surface area contributed by atoms with Crippen LogP contribution < -0.4 is 16.6 Å². The number of hydrogen-bond donors (Lipinski definition) is 3. The molecule has 2 atom stereocenters. The Morgan fingerprint density at radius 1 is 1.57 bits per heavy atom. The number of piperidine rings is 2. The smallest absolute Gasteiger partial charge is 0.287 e. The van der Waals surface area contributed by atoms with Gasteiger partial charge >= 0.3 is 0 Å². The average molecular weight is 293 g/mol. The molecule has 2 fully saturated rings. The number of nitrogen functional groups attached to an aromatic ring is 1. The Bertz CT molecular complexity index is 544. The molecule has 3 heterocycles. The Hall–Kier alpha value is -1.93. The molecule has 0 aliphatic carbocycles. The zero-order valence-electron chi connectivity index (χ0n) is 11.7. The molecule has 0 saturated carbocycles. The summed E-state index contributed by atoms with van der Waals surface area (Å²) in [5, 5.41) is 6.75. The van der Waals surface area contributed by atoms with E-state index in [4.69, 9.17) is 10.4 Å². The van der Waals surface area contributed by atoms with Gasteiger partial charge in [-0.25, -0.2) is 5.84 Å². The van der Waals surface area contributed by atoms with Gasteiger partial charge < -0.3 is 9.84 Å². The molecule has 1 aromatic rings. The molecule has 0 aromatic carbocycles. The minimum absolute atomic E-state index is 0.164. The SMILES string of the molecule is NNC(=O)c1cc(CN2CCC3NC(=O)CCC3C2)on1. The molecule has 2 aliphatic rings. The third kappa shape index (κ3) is 3.06. The molecule has 0 bridgehead atoms. The summed E-state index contributed by atoms with van der Waals surface area (Å²) < 4.78 is 5.17. The van der Waals surface area contributed by atoms with Crippen molar-refractivity contribution in [1.29, 1.82) is 0 Å². The molecule has 114 valence electrons. The molecule has 2 amide bonds. The maximum Gasteiger partial charge on any atom is 0.287 e. The van der Waals surface area contributed by atoms with Crippen molar-refractivity contribution in [3.05, 3.63) is 17.5 Å². The van der Waals surface area contributed by atoms with E-state index in [9.17, 15) is 9.59 Å². The lowest BCUT2D eigenvalue weighted by Gasteiger charge is -2.41. The van der Waals surface area contributed by atoms with Crippen molar-refractivity contribution < 1.29 is 14.1 Å². The van der Waals surface area contributed by atoms with E-state index >= 15 is 0 Å². The van der Waals surface area contributed by atoms with Crippen molar-refractivity contribution in [2.45, 2.75) is 31.8 Å². The van der Waals surface area contributed by atoms with Crippen LogP contribution in [0.5, 0.6) is 0 Å². The van der Waals surface area contributed by atoms with Crippen molar-refractivity contribution in [1.82, 2.24) is 20.8 Å². The van der Waals surface area contributed by atoms with E-state index in [0.29, 0.717) is 30.7 Å². The van der Waals surface area contributed by atoms with Crippen LogP contribution in [0.2, 0.25) is 0 Å². The van der Waals surface area contributed by atoms with Crippen molar-refractivity contribution >= 4 is 11.8 Å². The summed E-state index contributed by atoms with van der Waals surface area (Å²) in [5.41, 5.74) is 2.21. The summed E-state index contributed by atoms with van der Waals surface area (Å²) in [6, 6.07) is 1.91. The van der Waals surface area contributed by atoms with Crippen molar-refractivity contribution in [3.63, 3.8) is 0 Å². The number of carbonyl (C=O) groups excluding carboxylic acids is 2. The van der Waals surface area contributed by atoms with E-state index in [1.807, 2.05) is 5.43 Å². The van der Waals surface area contributed by atoms with E-state index in [1.165, 1.54) is 0 Å². The molecule has 8 nitrogen and oxygen atoms in total. The topological polar surface area (TPSA) is 113 Å². The standard InChI is InChI=1S/C13H19N5O3/c14-16-13(20)11-5-9(21-17-11)7-18-4-3-10-8(6-18)1-2-12(19)15-10/h5,8,10H,1-4,6-7,14H2,(H,15,19)(H,16,20). The van der Waals surface area contributed by atoms with Gasteiger partial charge in [-0.05, 0) is 18.8 Å². The van der Waals surface area contributed by atoms with Crippen LogP contribution in [-0.4, -0.2) is 41.0 Å². The molecule has 0 spiro atoms. The Morgan fingerprint density at radius 3 is 3.24 bits per heavy atom. The molecule has 2 unspecified atom stereocenters. The first-order valence-electron chi connectivity index (χ1n) is 7.14. The minimum atomic E-state index is -0.460. The van der Waals surface area contributed by atoms with Crippen LogP contribution in [0.15, 0.2) is 10.6 Å². The summed E-state index contributed by atoms with van der Waals surface area (Å²) in [5.74, 6) is 5.90. The number of likely N-dealkylation sites (tertiary alicyclic amines) is 1. The molecule has 8 heteroatoms. The Labute approximate surface area is 122 Å².